The van der Waals surface area contributed by atoms with Crippen LogP contribution >= 0.6 is 0 Å². The summed E-state index contributed by atoms with van der Waals surface area (Å²) < 4.78 is 18.8. The Kier molecular flexibility index (Phi) is 6.02. The molecular weight excluding hydrogens is 399 g/mol. The van der Waals surface area contributed by atoms with Gasteiger partial charge in [-0.2, -0.15) is 0 Å². The molecule has 0 N–H and O–H groups in total. The number of amides is 3. The monoisotopic (exact) mass is 424 g/mol. The highest BCUT2D eigenvalue weighted by Crippen LogP contribution is 2.28. The summed E-state index contributed by atoms with van der Waals surface area (Å²) in [5.41, 5.74) is 0.899. The standard InChI is InChI=1S/C24H25FN2O4/c1-16-12-22(28)27(23(16)29)20-6-2-5-18(13-20)24(30)26-11-3-4-17(14-26)15-31-21-9-7-19(25)8-10-21/h2,5-10,13,16-17H,3-4,11-12,14-15H2,1H3/t16-,17+/m1/s1. The minimum absolute atomic E-state index is 0.125. The van der Waals surface area contributed by atoms with Gasteiger partial charge in [-0.25, -0.2) is 4.39 Å². The average molecular weight is 424 g/mol. The van der Waals surface area contributed by atoms with Crippen LogP contribution in [0.25, 0.3) is 0 Å². The first-order valence-corrected chi connectivity index (χ1v) is 10.6. The van der Waals surface area contributed by atoms with Crippen molar-refractivity contribution in [1.82, 2.24) is 4.90 Å². The predicted molar refractivity (Wildman–Crippen MR) is 113 cm³/mol. The van der Waals surface area contributed by atoms with Crippen LogP contribution in [0.2, 0.25) is 0 Å². The van der Waals surface area contributed by atoms with Crippen molar-refractivity contribution in [2.75, 3.05) is 24.6 Å². The quantitative estimate of drug-likeness (QED) is 0.687. The molecule has 3 amide bonds. The molecule has 31 heavy (non-hydrogen) atoms. The van der Waals surface area contributed by atoms with Crippen LogP contribution in [0.3, 0.4) is 0 Å². The van der Waals surface area contributed by atoms with E-state index in [1.54, 1.807) is 48.2 Å². The van der Waals surface area contributed by atoms with Gasteiger partial charge in [-0.15, -0.1) is 0 Å². The van der Waals surface area contributed by atoms with Crippen LogP contribution in [-0.4, -0.2) is 42.3 Å². The Balaban J connectivity index is 1.41. The number of piperidine rings is 1. The normalized spacial score (nSPS) is 21.5. The highest BCUT2D eigenvalue weighted by Gasteiger charge is 2.37. The van der Waals surface area contributed by atoms with Gasteiger partial charge in [0.1, 0.15) is 11.6 Å². The summed E-state index contributed by atoms with van der Waals surface area (Å²) in [6.45, 7) is 3.39. The van der Waals surface area contributed by atoms with Crippen molar-refractivity contribution >= 4 is 23.4 Å². The van der Waals surface area contributed by atoms with Gasteiger partial charge in [0, 0.05) is 36.9 Å². The molecule has 7 heteroatoms. The van der Waals surface area contributed by atoms with Crippen molar-refractivity contribution in [3.63, 3.8) is 0 Å². The largest absolute Gasteiger partial charge is 0.493 e. The topological polar surface area (TPSA) is 66.9 Å². The maximum Gasteiger partial charge on any atom is 0.253 e. The number of hydrogen-bond donors (Lipinski definition) is 0. The third-order valence-corrected chi connectivity index (χ3v) is 5.83. The molecule has 2 atom stereocenters. The van der Waals surface area contributed by atoms with Gasteiger partial charge in [-0.3, -0.25) is 19.3 Å². The van der Waals surface area contributed by atoms with Crippen molar-refractivity contribution in [3.05, 3.63) is 59.9 Å². The van der Waals surface area contributed by atoms with Crippen molar-refractivity contribution < 1.29 is 23.5 Å². The number of benzene rings is 2. The van der Waals surface area contributed by atoms with E-state index in [1.165, 1.54) is 17.0 Å². The molecule has 2 aromatic rings. The van der Waals surface area contributed by atoms with Crippen LogP contribution in [-0.2, 0) is 9.59 Å². The first kappa shape index (κ1) is 21.0. The number of nitrogens with zero attached hydrogens (tertiary/aromatic N) is 2. The highest BCUT2D eigenvalue weighted by molar-refractivity contribution is 6.21. The smallest absolute Gasteiger partial charge is 0.253 e. The zero-order valence-corrected chi connectivity index (χ0v) is 17.4. The zero-order valence-electron chi connectivity index (χ0n) is 17.4. The van der Waals surface area contributed by atoms with Crippen LogP contribution in [0.1, 0.15) is 36.5 Å². The third kappa shape index (κ3) is 4.60. The van der Waals surface area contributed by atoms with Crippen molar-refractivity contribution in [2.45, 2.75) is 26.2 Å². The summed E-state index contributed by atoms with van der Waals surface area (Å²) in [5.74, 6) is -0.462. The van der Waals surface area contributed by atoms with Crippen LogP contribution in [0, 0.1) is 17.7 Å². The second-order valence-corrected chi connectivity index (χ2v) is 8.25. The first-order valence-electron chi connectivity index (χ1n) is 10.6. The molecule has 0 unspecified atom stereocenters. The van der Waals surface area contributed by atoms with E-state index in [0.717, 1.165) is 12.8 Å². The fourth-order valence-corrected chi connectivity index (χ4v) is 4.15. The number of likely N-dealkylation sites (tertiary alicyclic amines) is 1. The molecule has 2 heterocycles. The lowest BCUT2D eigenvalue weighted by atomic mass is 9.98. The molecule has 2 aromatic carbocycles. The Morgan fingerprint density at radius 2 is 1.94 bits per heavy atom. The molecule has 2 saturated heterocycles. The highest BCUT2D eigenvalue weighted by atomic mass is 19.1. The van der Waals surface area contributed by atoms with E-state index in [2.05, 4.69) is 0 Å². The van der Waals surface area contributed by atoms with Gasteiger partial charge in [-0.1, -0.05) is 13.0 Å². The molecule has 0 spiro atoms. The molecule has 6 nitrogen and oxygen atoms in total. The molecule has 0 radical (unpaired) electrons. The number of ether oxygens (including phenoxy) is 1. The molecule has 0 bridgehead atoms. The Morgan fingerprint density at radius 1 is 1.16 bits per heavy atom. The average Bonchev–Trinajstić information content (AvgIpc) is 3.04. The van der Waals surface area contributed by atoms with Gasteiger partial charge in [0.05, 0.1) is 12.3 Å². The summed E-state index contributed by atoms with van der Waals surface area (Å²) in [6, 6.07) is 12.6. The van der Waals surface area contributed by atoms with Crippen LogP contribution in [0.15, 0.2) is 48.5 Å². The van der Waals surface area contributed by atoms with Crippen LogP contribution < -0.4 is 9.64 Å². The number of halogens is 1. The molecule has 0 aliphatic carbocycles. The number of carbonyl (C=O) groups is 3. The van der Waals surface area contributed by atoms with E-state index in [1.807, 2.05) is 0 Å². The summed E-state index contributed by atoms with van der Waals surface area (Å²) in [6.07, 6.45) is 2.00. The zero-order chi connectivity index (χ0) is 22.0. The van der Waals surface area contributed by atoms with Gasteiger partial charge in [0.15, 0.2) is 0 Å². The number of imide groups is 1. The Bertz CT molecular complexity index is 991. The molecule has 2 aliphatic heterocycles. The van der Waals surface area contributed by atoms with Crippen molar-refractivity contribution in [3.8, 4) is 5.75 Å². The molecule has 0 saturated carbocycles. The second kappa shape index (κ2) is 8.88. The molecule has 162 valence electrons. The van der Waals surface area contributed by atoms with Gasteiger partial charge in [0.2, 0.25) is 11.8 Å². The predicted octanol–water partition coefficient (Wildman–Crippen LogP) is 3.66. The minimum atomic E-state index is -0.337. The third-order valence-electron chi connectivity index (χ3n) is 5.83. The minimum Gasteiger partial charge on any atom is -0.493 e. The van der Waals surface area contributed by atoms with E-state index in [9.17, 15) is 18.8 Å². The SMILES string of the molecule is C[C@@H]1CC(=O)N(c2cccc(C(=O)N3CCC[C@H](COc4ccc(F)cc4)C3)c2)C1=O. The molecule has 0 aromatic heterocycles. The maximum atomic E-state index is 13.1. The lowest BCUT2D eigenvalue weighted by Gasteiger charge is -2.33. The lowest BCUT2D eigenvalue weighted by Crippen LogP contribution is -2.41. The number of carbonyl (C=O) groups excluding carboxylic acids is 3. The molecule has 2 fully saturated rings. The van der Waals surface area contributed by atoms with Gasteiger partial charge >= 0.3 is 0 Å². The van der Waals surface area contributed by atoms with Crippen LogP contribution in [0.5, 0.6) is 5.75 Å². The molecule has 2 aliphatic rings. The van der Waals surface area contributed by atoms with Crippen molar-refractivity contribution in [1.29, 1.82) is 0 Å². The van der Waals surface area contributed by atoms with Crippen LogP contribution in [0.4, 0.5) is 10.1 Å². The summed E-state index contributed by atoms with van der Waals surface area (Å²) in [7, 11) is 0. The van der Waals surface area contributed by atoms with E-state index >= 15 is 0 Å². The summed E-state index contributed by atoms with van der Waals surface area (Å²) in [5, 5.41) is 0. The Labute approximate surface area is 180 Å². The lowest BCUT2D eigenvalue weighted by molar-refractivity contribution is -0.122. The Morgan fingerprint density at radius 3 is 2.65 bits per heavy atom. The Hall–Kier alpha value is -3.22. The van der Waals surface area contributed by atoms with Crippen molar-refractivity contribution in [2.24, 2.45) is 11.8 Å². The molecular formula is C24H25FN2O4. The fourth-order valence-electron chi connectivity index (χ4n) is 4.15. The first-order chi connectivity index (χ1) is 14.9. The van der Waals surface area contributed by atoms with E-state index in [-0.39, 0.29) is 41.8 Å². The van der Waals surface area contributed by atoms with Gasteiger partial charge < -0.3 is 9.64 Å². The molecule has 4 rings (SSSR count). The van der Waals surface area contributed by atoms with E-state index in [4.69, 9.17) is 4.74 Å². The summed E-state index contributed by atoms with van der Waals surface area (Å²) in [4.78, 5) is 40.6. The van der Waals surface area contributed by atoms with Gasteiger partial charge in [-0.05, 0) is 55.3 Å². The number of rotatable bonds is 5. The second-order valence-electron chi connectivity index (χ2n) is 8.25. The number of anilines is 1. The maximum absolute atomic E-state index is 13.1. The van der Waals surface area contributed by atoms with E-state index < -0.39 is 0 Å². The number of hydrogen-bond acceptors (Lipinski definition) is 4. The fraction of sp³-hybridized carbons (Fsp3) is 0.375. The van der Waals surface area contributed by atoms with E-state index in [0.29, 0.717) is 36.7 Å². The summed E-state index contributed by atoms with van der Waals surface area (Å²) >= 11 is 0. The van der Waals surface area contributed by atoms with Gasteiger partial charge in [0.25, 0.3) is 5.91 Å².